The Balaban J connectivity index is 2.67. The maximum atomic E-state index is 10.6. The number of carbonyl (C=O) groups is 1. The molecule has 0 aromatic heterocycles. The van der Waals surface area contributed by atoms with Crippen LogP contribution in [0, 0.1) is 0 Å². The van der Waals surface area contributed by atoms with Gasteiger partial charge in [-0.3, -0.25) is 4.55 Å². The van der Waals surface area contributed by atoms with Gasteiger partial charge in [0, 0.05) is 6.54 Å². The molecular weight excluding hydrogens is 200 g/mol. The van der Waals surface area contributed by atoms with E-state index in [0.717, 1.165) is 4.90 Å². The van der Waals surface area contributed by atoms with Gasteiger partial charge in [-0.15, -0.1) is 0 Å². The fraction of sp³-hybridized carbons (Fsp3) is 0.800. The van der Waals surface area contributed by atoms with E-state index in [-0.39, 0.29) is 19.7 Å². The van der Waals surface area contributed by atoms with E-state index >= 15 is 0 Å². The van der Waals surface area contributed by atoms with Gasteiger partial charge < -0.3 is 15.4 Å². The highest BCUT2D eigenvalue weighted by Crippen LogP contribution is 2.09. The van der Waals surface area contributed by atoms with Crippen LogP contribution >= 0.6 is 0 Å². The number of hydrogen-bond acceptors (Lipinski definition) is 4. The minimum atomic E-state index is -4.26. The molecule has 1 fully saturated rings. The van der Waals surface area contributed by atoms with Crippen molar-refractivity contribution in [3.8, 4) is 0 Å². The Kier molecular flexibility index (Phi) is 2.74. The largest absolute Gasteiger partial charge is 0.356 e. The van der Waals surface area contributed by atoms with Gasteiger partial charge >= 0.3 is 6.03 Å². The van der Waals surface area contributed by atoms with E-state index in [1.54, 1.807) is 0 Å². The first-order valence-electron chi connectivity index (χ1n) is 3.53. The first kappa shape index (κ1) is 10.2. The van der Waals surface area contributed by atoms with Gasteiger partial charge in [0.15, 0.2) is 0 Å². The molecule has 0 spiro atoms. The Hall–Kier alpha value is -0.860. The van der Waals surface area contributed by atoms with E-state index in [4.69, 9.17) is 15.0 Å². The molecule has 0 aromatic carbocycles. The molecule has 8 heteroatoms. The summed E-state index contributed by atoms with van der Waals surface area (Å²) >= 11 is 0. The molecule has 7 nitrogen and oxygen atoms in total. The van der Waals surface area contributed by atoms with Gasteiger partial charge in [-0.2, -0.15) is 8.42 Å². The Morgan fingerprint density at radius 2 is 2.23 bits per heavy atom. The van der Waals surface area contributed by atoms with Crippen molar-refractivity contribution >= 4 is 16.1 Å². The van der Waals surface area contributed by atoms with Crippen molar-refractivity contribution < 1.29 is 22.5 Å². The predicted molar refractivity (Wildman–Crippen MR) is 42.4 cm³/mol. The second kappa shape index (κ2) is 3.48. The van der Waals surface area contributed by atoms with Gasteiger partial charge in [0.1, 0.15) is 0 Å². The molecule has 0 saturated carbocycles. The molecule has 1 rings (SSSR count). The lowest BCUT2D eigenvalue weighted by molar-refractivity contribution is 0.0261. The smallest absolute Gasteiger partial charge is 0.314 e. The maximum absolute atomic E-state index is 10.6. The summed E-state index contributed by atoms with van der Waals surface area (Å²) in [6.45, 7) is 0.0584. The standard InChI is InChI=1S/C5H10N2O5S/c6-5(8)7-1-2-12-4(3-7)13(9,10)11/h4H,1-3H2,(H2,6,8)(H,9,10,11). The predicted octanol–water partition coefficient (Wildman–Crippen LogP) is -1.39. The molecule has 1 heterocycles. The number of nitrogens with zero attached hydrogens (tertiary/aromatic N) is 1. The van der Waals surface area contributed by atoms with E-state index in [2.05, 4.69) is 0 Å². The number of carbonyl (C=O) groups excluding carboxylic acids is 1. The number of primary amides is 1. The highest BCUT2D eigenvalue weighted by atomic mass is 32.2. The molecule has 13 heavy (non-hydrogen) atoms. The van der Waals surface area contributed by atoms with Crippen molar-refractivity contribution in [2.75, 3.05) is 19.7 Å². The zero-order valence-corrected chi connectivity index (χ0v) is 7.53. The third-order valence-corrected chi connectivity index (χ3v) is 2.63. The van der Waals surface area contributed by atoms with Crippen LogP contribution in [0.15, 0.2) is 0 Å². The number of rotatable bonds is 1. The average Bonchev–Trinajstić information content (AvgIpc) is 2.03. The Morgan fingerprint density at radius 1 is 1.62 bits per heavy atom. The van der Waals surface area contributed by atoms with Crippen molar-refractivity contribution in [3.63, 3.8) is 0 Å². The third-order valence-electron chi connectivity index (χ3n) is 1.68. The topological polar surface area (TPSA) is 110 Å². The van der Waals surface area contributed by atoms with Crippen molar-refractivity contribution in [1.29, 1.82) is 0 Å². The van der Waals surface area contributed by atoms with Gasteiger partial charge in [0.25, 0.3) is 10.1 Å². The van der Waals surface area contributed by atoms with E-state index in [9.17, 15) is 13.2 Å². The molecule has 1 atom stereocenters. The summed E-state index contributed by atoms with van der Waals surface area (Å²) in [5, 5.41) is 0. The number of nitrogens with two attached hydrogens (primary N) is 1. The Labute approximate surface area is 75.2 Å². The fourth-order valence-corrected chi connectivity index (χ4v) is 1.64. The SMILES string of the molecule is NC(=O)N1CCOC(S(=O)(=O)O)C1. The van der Waals surface area contributed by atoms with E-state index in [1.165, 1.54) is 0 Å². The summed E-state index contributed by atoms with van der Waals surface area (Å²) in [5.74, 6) is 0. The summed E-state index contributed by atoms with van der Waals surface area (Å²) in [7, 11) is -4.26. The summed E-state index contributed by atoms with van der Waals surface area (Å²) < 4.78 is 34.6. The first-order valence-corrected chi connectivity index (χ1v) is 5.04. The van der Waals surface area contributed by atoms with Gasteiger partial charge in [-0.25, -0.2) is 4.79 Å². The molecule has 1 saturated heterocycles. The average molecular weight is 210 g/mol. The number of hydrogen-bond donors (Lipinski definition) is 2. The molecule has 0 aliphatic carbocycles. The second-order valence-corrected chi connectivity index (χ2v) is 4.16. The number of ether oxygens (including phenoxy) is 1. The summed E-state index contributed by atoms with van der Waals surface area (Å²) in [6.07, 6.45) is 0. The quantitative estimate of drug-likeness (QED) is 0.518. The van der Waals surface area contributed by atoms with Crippen LogP contribution in [-0.4, -0.2) is 49.0 Å². The first-order chi connectivity index (χ1) is 5.91. The molecule has 1 aliphatic heterocycles. The van der Waals surface area contributed by atoms with Crippen LogP contribution in [0.2, 0.25) is 0 Å². The lowest BCUT2D eigenvalue weighted by Crippen LogP contribution is -2.50. The minimum absolute atomic E-state index is 0.0490. The van der Waals surface area contributed by atoms with Crippen LogP contribution in [0.5, 0.6) is 0 Å². The number of urea groups is 1. The van der Waals surface area contributed by atoms with Crippen LogP contribution < -0.4 is 5.73 Å². The molecule has 1 unspecified atom stereocenters. The van der Waals surface area contributed by atoms with Crippen LogP contribution in [0.1, 0.15) is 0 Å². The van der Waals surface area contributed by atoms with Crippen molar-refractivity contribution in [2.45, 2.75) is 5.44 Å². The van der Waals surface area contributed by atoms with Gasteiger partial charge in [0.2, 0.25) is 5.44 Å². The van der Waals surface area contributed by atoms with Gasteiger partial charge in [0.05, 0.1) is 13.2 Å². The highest BCUT2D eigenvalue weighted by molar-refractivity contribution is 7.86. The van der Waals surface area contributed by atoms with Crippen LogP contribution in [0.3, 0.4) is 0 Å². The lowest BCUT2D eigenvalue weighted by atomic mass is 10.4. The number of amides is 2. The Bertz CT molecular complexity index is 300. The van der Waals surface area contributed by atoms with Crippen LogP contribution in [-0.2, 0) is 14.9 Å². The molecule has 3 N–H and O–H groups in total. The lowest BCUT2D eigenvalue weighted by Gasteiger charge is -2.29. The second-order valence-electron chi connectivity index (χ2n) is 2.60. The Morgan fingerprint density at radius 3 is 2.69 bits per heavy atom. The molecule has 2 amide bonds. The summed E-state index contributed by atoms with van der Waals surface area (Å²) in [5.41, 5.74) is 3.55. The molecule has 0 bridgehead atoms. The van der Waals surface area contributed by atoms with Gasteiger partial charge in [-0.1, -0.05) is 0 Å². The van der Waals surface area contributed by atoms with Crippen LogP contribution in [0.25, 0.3) is 0 Å². The molecule has 1 aliphatic rings. The highest BCUT2D eigenvalue weighted by Gasteiger charge is 2.31. The molecule has 0 radical (unpaired) electrons. The van der Waals surface area contributed by atoms with E-state index < -0.39 is 21.6 Å². The van der Waals surface area contributed by atoms with E-state index in [0.29, 0.717) is 0 Å². The monoisotopic (exact) mass is 210 g/mol. The van der Waals surface area contributed by atoms with Crippen molar-refractivity contribution in [3.05, 3.63) is 0 Å². The zero-order chi connectivity index (χ0) is 10.1. The zero-order valence-electron chi connectivity index (χ0n) is 6.71. The normalized spacial score (nSPS) is 24.4. The molecule has 76 valence electrons. The summed E-state index contributed by atoms with van der Waals surface area (Å²) in [4.78, 5) is 11.7. The van der Waals surface area contributed by atoms with Crippen molar-refractivity contribution in [1.82, 2.24) is 4.90 Å². The van der Waals surface area contributed by atoms with E-state index in [1.807, 2.05) is 0 Å². The number of morpholine rings is 1. The molecular formula is C5H10N2O5S. The summed E-state index contributed by atoms with van der Waals surface area (Å²) in [6, 6.07) is -0.725. The van der Waals surface area contributed by atoms with Crippen LogP contribution in [0.4, 0.5) is 4.79 Å². The maximum Gasteiger partial charge on any atom is 0.314 e. The van der Waals surface area contributed by atoms with Gasteiger partial charge in [-0.05, 0) is 0 Å². The third kappa shape index (κ3) is 2.54. The fourth-order valence-electron chi connectivity index (χ4n) is 0.999. The minimum Gasteiger partial charge on any atom is -0.356 e. The van der Waals surface area contributed by atoms with Crippen molar-refractivity contribution in [2.24, 2.45) is 5.73 Å². The molecule has 0 aromatic rings.